The van der Waals surface area contributed by atoms with Gasteiger partial charge in [0, 0.05) is 19.0 Å². The number of carbonyl (C=O) groups excluding carboxylic acids is 1. The highest BCUT2D eigenvalue weighted by Crippen LogP contribution is 2.25. The number of nitrogens with two attached hydrogens (primary N) is 1. The molecule has 0 aromatic carbocycles. The molecule has 2 atom stereocenters. The molecule has 0 spiro atoms. The molecule has 3 N–H and O–H groups in total. The standard InChI is InChI=1S/C13H28N2O/c1-10(9-13(3,4)5)8-12(16)15-7-6-11(2)14/h10-11H,6-9,14H2,1-5H3,(H,15,16). The second-order valence-electron chi connectivity index (χ2n) is 6.19. The Labute approximate surface area is 100 Å². The summed E-state index contributed by atoms with van der Waals surface area (Å²) in [5.74, 6) is 0.590. The van der Waals surface area contributed by atoms with Gasteiger partial charge in [-0.25, -0.2) is 0 Å². The maximum atomic E-state index is 11.6. The van der Waals surface area contributed by atoms with Crippen molar-refractivity contribution in [2.75, 3.05) is 6.54 Å². The van der Waals surface area contributed by atoms with Crippen LogP contribution in [0.5, 0.6) is 0 Å². The molecule has 3 heteroatoms. The van der Waals surface area contributed by atoms with Gasteiger partial charge >= 0.3 is 0 Å². The third kappa shape index (κ3) is 9.97. The molecule has 0 fully saturated rings. The van der Waals surface area contributed by atoms with Gasteiger partial charge in [-0.15, -0.1) is 0 Å². The smallest absolute Gasteiger partial charge is 0.220 e. The van der Waals surface area contributed by atoms with E-state index in [9.17, 15) is 4.79 Å². The summed E-state index contributed by atoms with van der Waals surface area (Å²) in [6, 6.07) is 0.160. The highest BCUT2D eigenvalue weighted by atomic mass is 16.1. The molecule has 0 saturated carbocycles. The van der Waals surface area contributed by atoms with Crippen molar-refractivity contribution in [1.29, 1.82) is 0 Å². The molecule has 3 nitrogen and oxygen atoms in total. The molecule has 0 bridgehead atoms. The largest absolute Gasteiger partial charge is 0.356 e. The summed E-state index contributed by atoms with van der Waals surface area (Å²) in [5.41, 5.74) is 5.91. The molecule has 0 aliphatic carbocycles. The minimum absolute atomic E-state index is 0.150. The molecule has 0 aromatic heterocycles. The van der Waals surface area contributed by atoms with Crippen LogP contribution < -0.4 is 11.1 Å². The van der Waals surface area contributed by atoms with Gasteiger partial charge in [0.1, 0.15) is 0 Å². The van der Waals surface area contributed by atoms with Gasteiger partial charge < -0.3 is 11.1 Å². The topological polar surface area (TPSA) is 55.1 Å². The van der Waals surface area contributed by atoms with Crippen molar-refractivity contribution in [3.8, 4) is 0 Å². The third-order valence-electron chi connectivity index (χ3n) is 2.42. The summed E-state index contributed by atoms with van der Waals surface area (Å²) >= 11 is 0. The van der Waals surface area contributed by atoms with Crippen molar-refractivity contribution in [2.45, 2.75) is 59.9 Å². The molecule has 0 rings (SSSR count). The molecule has 0 heterocycles. The zero-order chi connectivity index (χ0) is 12.8. The fourth-order valence-electron chi connectivity index (χ4n) is 1.95. The Hall–Kier alpha value is -0.570. The lowest BCUT2D eigenvalue weighted by Crippen LogP contribution is -2.30. The molecule has 2 unspecified atom stereocenters. The highest BCUT2D eigenvalue weighted by molar-refractivity contribution is 5.76. The van der Waals surface area contributed by atoms with E-state index in [0.29, 0.717) is 24.3 Å². The Kier molecular flexibility index (Phi) is 6.65. The lowest BCUT2D eigenvalue weighted by Gasteiger charge is -2.22. The Morgan fingerprint density at radius 1 is 1.31 bits per heavy atom. The van der Waals surface area contributed by atoms with Crippen LogP contribution in [-0.2, 0) is 4.79 Å². The van der Waals surface area contributed by atoms with Crippen molar-refractivity contribution >= 4 is 5.91 Å². The van der Waals surface area contributed by atoms with Crippen LogP contribution in [0.1, 0.15) is 53.9 Å². The first kappa shape index (κ1) is 15.4. The van der Waals surface area contributed by atoms with E-state index in [0.717, 1.165) is 12.8 Å². The first-order valence-corrected chi connectivity index (χ1v) is 6.23. The van der Waals surface area contributed by atoms with Gasteiger partial charge in [-0.2, -0.15) is 0 Å². The Morgan fingerprint density at radius 2 is 1.88 bits per heavy atom. The number of carbonyl (C=O) groups is 1. The fraction of sp³-hybridized carbons (Fsp3) is 0.923. The predicted molar refractivity (Wildman–Crippen MR) is 69.1 cm³/mol. The van der Waals surface area contributed by atoms with Gasteiger partial charge in [0.15, 0.2) is 0 Å². The predicted octanol–water partition coefficient (Wildman–Crippen LogP) is 2.30. The van der Waals surface area contributed by atoms with Gasteiger partial charge in [-0.1, -0.05) is 27.7 Å². The minimum Gasteiger partial charge on any atom is -0.356 e. The average molecular weight is 228 g/mol. The molecule has 16 heavy (non-hydrogen) atoms. The molecular weight excluding hydrogens is 200 g/mol. The second kappa shape index (κ2) is 6.89. The van der Waals surface area contributed by atoms with Crippen LogP contribution in [-0.4, -0.2) is 18.5 Å². The van der Waals surface area contributed by atoms with E-state index in [1.165, 1.54) is 0 Å². The SMILES string of the molecule is CC(N)CCNC(=O)CC(C)CC(C)(C)C. The summed E-state index contributed by atoms with van der Waals surface area (Å²) in [6.07, 6.45) is 2.54. The molecule has 0 aliphatic rings. The Balaban J connectivity index is 3.71. The lowest BCUT2D eigenvalue weighted by atomic mass is 9.84. The number of hydrogen-bond acceptors (Lipinski definition) is 2. The van der Waals surface area contributed by atoms with Crippen LogP contribution in [0.3, 0.4) is 0 Å². The van der Waals surface area contributed by atoms with E-state index in [1.54, 1.807) is 0 Å². The summed E-state index contributed by atoms with van der Waals surface area (Å²) in [4.78, 5) is 11.6. The fourth-order valence-corrected chi connectivity index (χ4v) is 1.95. The van der Waals surface area contributed by atoms with Crippen molar-refractivity contribution in [2.24, 2.45) is 17.1 Å². The highest BCUT2D eigenvalue weighted by Gasteiger charge is 2.17. The van der Waals surface area contributed by atoms with E-state index in [1.807, 2.05) is 6.92 Å². The molecule has 0 aromatic rings. The molecule has 0 aliphatic heterocycles. The first-order chi connectivity index (χ1) is 7.20. The van der Waals surface area contributed by atoms with Crippen LogP contribution >= 0.6 is 0 Å². The lowest BCUT2D eigenvalue weighted by molar-refractivity contribution is -0.122. The van der Waals surface area contributed by atoms with Crippen LogP contribution in [0.2, 0.25) is 0 Å². The van der Waals surface area contributed by atoms with Gasteiger partial charge in [0.2, 0.25) is 5.91 Å². The Morgan fingerprint density at radius 3 is 2.31 bits per heavy atom. The van der Waals surface area contributed by atoms with Gasteiger partial charge in [0.05, 0.1) is 0 Å². The normalized spacial score (nSPS) is 15.6. The first-order valence-electron chi connectivity index (χ1n) is 6.23. The summed E-state index contributed by atoms with van der Waals surface area (Å²) < 4.78 is 0. The number of hydrogen-bond donors (Lipinski definition) is 2. The van der Waals surface area contributed by atoms with Crippen molar-refractivity contribution in [3.63, 3.8) is 0 Å². The van der Waals surface area contributed by atoms with E-state index in [4.69, 9.17) is 5.73 Å². The van der Waals surface area contributed by atoms with Gasteiger partial charge in [-0.05, 0) is 31.1 Å². The maximum Gasteiger partial charge on any atom is 0.220 e. The molecule has 96 valence electrons. The van der Waals surface area contributed by atoms with Crippen LogP contribution in [0, 0.1) is 11.3 Å². The van der Waals surface area contributed by atoms with Crippen LogP contribution in [0.4, 0.5) is 0 Å². The quantitative estimate of drug-likeness (QED) is 0.733. The summed E-state index contributed by atoms with van der Waals surface area (Å²) in [6.45, 7) is 11.4. The third-order valence-corrected chi connectivity index (χ3v) is 2.42. The van der Waals surface area contributed by atoms with Gasteiger partial charge in [-0.3, -0.25) is 4.79 Å². The Bertz CT molecular complexity index is 206. The van der Waals surface area contributed by atoms with Crippen molar-refractivity contribution < 1.29 is 4.79 Å². The van der Waals surface area contributed by atoms with Crippen LogP contribution in [0.25, 0.3) is 0 Å². The average Bonchev–Trinajstić information content (AvgIpc) is 1.98. The molecular formula is C13H28N2O. The van der Waals surface area contributed by atoms with E-state index in [2.05, 4.69) is 33.0 Å². The maximum absolute atomic E-state index is 11.6. The summed E-state index contributed by atoms with van der Waals surface area (Å²) in [5, 5.41) is 2.91. The second-order valence-corrected chi connectivity index (χ2v) is 6.19. The number of nitrogens with one attached hydrogen (secondary N) is 1. The van der Waals surface area contributed by atoms with Crippen LogP contribution in [0.15, 0.2) is 0 Å². The zero-order valence-corrected chi connectivity index (χ0v) is 11.5. The van der Waals surface area contributed by atoms with E-state index in [-0.39, 0.29) is 11.9 Å². The van der Waals surface area contributed by atoms with Crippen molar-refractivity contribution in [3.05, 3.63) is 0 Å². The molecule has 1 amide bonds. The monoisotopic (exact) mass is 228 g/mol. The van der Waals surface area contributed by atoms with E-state index >= 15 is 0 Å². The number of amides is 1. The summed E-state index contributed by atoms with van der Waals surface area (Å²) in [7, 11) is 0. The molecule has 0 radical (unpaired) electrons. The number of rotatable bonds is 6. The van der Waals surface area contributed by atoms with Gasteiger partial charge in [0.25, 0.3) is 0 Å². The minimum atomic E-state index is 0.150. The van der Waals surface area contributed by atoms with E-state index < -0.39 is 0 Å². The van der Waals surface area contributed by atoms with Crippen molar-refractivity contribution in [1.82, 2.24) is 5.32 Å². The zero-order valence-electron chi connectivity index (χ0n) is 11.5. The molecule has 0 saturated heterocycles.